The first kappa shape index (κ1) is 17.4. The smallest absolute Gasteiger partial charge is 0.292 e. The molecule has 2 aromatic rings. The molecule has 0 saturated carbocycles. The van der Waals surface area contributed by atoms with Crippen molar-refractivity contribution in [1.82, 2.24) is 10.6 Å². The number of carbonyl (C=O) groups excluding carboxylic acids is 1. The van der Waals surface area contributed by atoms with Gasteiger partial charge in [0.1, 0.15) is 11.7 Å². The Morgan fingerprint density at radius 2 is 1.88 bits per heavy atom. The Kier molecular flexibility index (Phi) is 5.86. The van der Waals surface area contributed by atoms with E-state index < -0.39 is 11.0 Å². The van der Waals surface area contributed by atoms with Crippen molar-refractivity contribution in [3.8, 4) is 0 Å². The lowest BCUT2D eigenvalue weighted by Gasteiger charge is -2.18. The number of likely N-dealkylation sites (N-methyl/N-ethyl adjacent to an activating group) is 1. The number of nitrogens with zero attached hydrogens (tertiary/aromatic N) is 1. The number of benzene rings is 2. The van der Waals surface area contributed by atoms with E-state index in [4.69, 9.17) is 0 Å². The van der Waals surface area contributed by atoms with Gasteiger partial charge in [0, 0.05) is 26.7 Å². The largest absolute Gasteiger partial charge is 0.383 e. The van der Waals surface area contributed by atoms with E-state index in [1.165, 1.54) is 6.07 Å². The molecule has 0 fully saturated rings. The molecule has 7 nitrogen and oxygen atoms in total. The van der Waals surface area contributed by atoms with Crippen LogP contribution in [0.25, 0.3) is 0 Å². The maximum atomic E-state index is 12.1. The average molecular weight is 328 g/mol. The molecule has 1 amide bonds. The van der Waals surface area contributed by atoms with Gasteiger partial charge in [0.15, 0.2) is 0 Å². The third kappa shape index (κ3) is 4.08. The highest BCUT2D eigenvalue weighted by atomic mass is 16.6. The van der Waals surface area contributed by atoms with Crippen molar-refractivity contribution >= 4 is 17.3 Å². The maximum Gasteiger partial charge on any atom is 0.292 e. The molecule has 126 valence electrons. The Morgan fingerprint density at radius 1 is 1.17 bits per heavy atom. The van der Waals surface area contributed by atoms with Gasteiger partial charge in [-0.05, 0) is 17.2 Å². The van der Waals surface area contributed by atoms with Crippen LogP contribution in [0.1, 0.15) is 17.2 Å². The molecule has 2 aromatic carbocycles. The van der Waals surface area contributed by atoms with Crippen molar-refractivity contribution in [3.05, 3.63) is 69.8 Å². The van der Waals surface area contributed by atoms with Crippen LogP contribution in [0, 0.1) is 10.1 Å². The fraction of sp³-hybridized carbons (Fsp3) is 0.235. The summed E-state index contributed by atoms with van der Waals surface area (Å²) in [5.74, 6) is -0.164. The van der Waals surface area contributed by atoms with Gasteiger partial charge in [-0.2, -0.15) is 0 Å². The Morgan fingerprint density at radius 3 is 2.46 bits per heavy atom. The molecule has 0 aliphatic rings. The molecule has 0 spiro atoms. The van der Waals surface area contributed by atoms with E-state index in [1.54, 1.807) is 26.2 Å². The number of carbonyl (C=O) groups is 1. The fourth-order valence-corrected chi connectivity index (χ4v) is 2.42. The second-order valence-electron chi connectivity index (χ2n) is 5.20. The summed E-state index contributed by atoms with van der Waals surface area (Å²) in [6.45, 7) is 0.331. The summed E-state index contributed by atoms with van der Waals surface area (Å²) < 4.78 is 0. The lowest BCUT2D eigenvalue weighted by atomic mass is 10.1. The summed E-state index contributed by atoms with van der Waals surface area (Å²) in [4.78, 5) is 22.8. The summed E-state index contributed by atoms with van der Waals surface area (Å²) >= 11 is 0. The highest BCUT2D eigenvalue weighted by molar-refractivity contribution is 5.82. The average Bonchev–Trinajstić information content (AvgIpc) is 2.62. The first-order chi connectivity index (χ1) is 11.6. The zero-order valence-electron chi connectivity index (χ0n) is 13.6. The van der Waals surface area contributed by atoms with Crippen molar-refractivity contribution in [2.75, 3.05) is 19.4 Å². The summed E-state index contributed by atoms with van der Waals surface area (Å²) in [5, 5.41) is 19.7. The lowest BCUT2D eigenvalue weighted by Crippen LogP contribution is -2.35. The molecular weight excluding hydrogens is 308 g/mol. The van der Waals surface area contributed by atoms with Gasteiger partial charge in [-0.1, -0.05) is 36.4 Å². The first-order valence-electron chi connectivity index (χ1n) is 7.51. The highest BCUT2D eigenvalue weighted by Crippen LogP contribution is 2.25. The normalized spacial score (nSPS) is 11.6. The van der Waals surface area contributed by atoms with Crippen LogP contribution in [0.15, 0.2) is 48.5 Å². The summed E-state index contributed by atoms with van der Waals surface area (Å²) in [6, 6.07) is 13.7. The van der Waals surface area contributed by atoms with Crippen LogP contribution in [0.4, 0.5) is 11.4 Å². The molecular formula is C17H20N4O3. The Balaban J connectivity index is 2.19. The molecule has 0 aromatic heterocycles. The van der Waals surface area contributed by atoms with E-state index in [9.17, 15) is 14.9 Å². The standard InChI is InChI=1S/C17H20N4O3/c1-18-14-9-8-12(10-15(14)21(23)24)11-20-16(17(22)19-2)13-6-4-3-5-7-13/h3-10,16,18,20H,11H2,1-2H3,(H,19,22)/t16-/m1/s1. The van der Waals surface area contributed by atoms with Gasteiger partial charge in [-0.3, -0.25) is 20.2 Å². The van der Waals surface area contributed by atoms with Crippen molar-refractivity contribution < 1.29 is 9.72 Å². The first-order valence-corrected chi connectivity index (χ1v) is 7.51. The van der Waals surface area contributed by atoms with E-state index in [1.807, 2.05) is 30.3 Å². The van der Waals surface area contributed by atoms with E-state index in [2.05, 4.69) is 16.0 Å². The second-order valence-corrected chi connectivity index (χ2v) is 5.20. The van der Waals surface area contributed by atoms with Gasteiger partial charge < -0.3 is 10.6 Å². The van der Waals surface area contributed by atoms with Gasteiger partial charge in [0.05, 0.1) is 4.92 Å². The molecule has 0 aliphatic heterocycles. The number of anilines is 1. The molecule has 7 heteroatoms. The molecule has 0 radical (unpaired) electrons. The molecule has 0 saturated heterocycles. The van der Waals surface area contributed by atoms with Crippen LogP contribution in [0.3, 0.4) is 0 Å². The predicted molar refractivity (Wildman–Crippen MR) is 92.7 cm³/mol. The SMILES string of the molecule is CNC(=O)[C@H](NCc1ccc(NC)c([N+](=O)[O-])c1)c1ccccc1. The monoisotopic (exact) mass is 328 g/mol. The highest BCUT2D eigenvalue weighted by Gasteiger charge is 2.19. The zero-order valence-corrected chi connectivity index (χ0v) is 13.6. The van der Waals surface area contributed by atoms with Gasteiger partial charge >= 0.3 is 0 Å². The van der Waals surface area contributed by atoms with Crippen molar-refractivity contribution in [1.29, 1.82) is 0 Å². The summed E-state index contributed by atoms with van der Waals surface area (Å²) in [5.41, 5.74) is 2.02. The van der Waals surface area contributed by atoms with Gasteiger partial charge in [0.25, 0.3) is 5.69 Å². The van der Waals surface area contributed by atoms with Gasteiger partial charge in [0.2, 0.25) is 5.91 Å². The molecule has 0 unspecified atom stereocenters. The van der Waals surface area contributed by atoms with E-state index in [0.29, 0.717) is 12.2 Å². The number of amides is 1. The molecule has 0 heterocycles. The number of nitro benzene ring substituents is 1. The number of rotatable bonds is 7. The van der Waals surface area contributed by atoms with Crippen LogP contribution in [0.5, 0.6) is 0 Å². The lowest BCUT2D eigenvalue weighted by molar-refractivity contribution is -0.384. The molecule has 24 heavy (non-hydrogen) atoms. The Bertz CT molecular complexity index is 719. The molecule has 2 rings (SSSR count). The van der Waals surface area contributed by atoms with Gasteiger partial charge in [-0.15, -0.1) is 0 Å². The van der Waals surface area contributed by atoms with Crippen molar-refractivity contribution in [2.24, 2.45) is 0 Å². The number of hydrogen-bond acceptors (Lipinski definition) is 5. The number of hydrogen-bond donors (Lipinski definition) is 3. The van der Waals surface area contributed by atoms with Crippen LogP contribution >= 0.6 is 0 Å². The molecule has 3 N–H and O–H groups in total. The number of nitro groups is 1. The van der Waals surface area contributed by atoms with Gasteiger partial charge in [-0.25, -0.2) is 0 Å². The third-order valence-electron chi connectivity index (χ3n) is 3.68. The fourth-order valence-electron chi connectivity index (χ4n) is 2.42. The zero-order chi connectivity index (χ0) is 17.5. The van der Waals surface area contributed by atoms with Crippen LogP contribution < -0.4 is 16.0 Å². The van der Waals surface area contributed by atoms with E-state index in [0.717, 1.165) is 11.1 Å². The second kappa shape index (κ2) is 8.07. The molecule has 0 aliphatic carbocycles. The van der Waals surface area contributed by atoms with Crippen molar-refractivity contribution in [3.63, 3.8) is 0 Å². The maximum absolute atomic E-state index is 12.1. The predicted octanol–water partition coefficient (Wildman–Crippen LogP) is 2.21. The third-order valence-corrected chi connectivity index (χ3v) is 3.68. The van der Waals surface area contributed by atoms with E-state index in [-0.39, 0.29) is 11.6 Å². The molecule has 0 bridgehead atoms. The Labute approximate surface area is 140 Å². The van der Waals surface area contributed by atoms with Crippen LogP contribution in [-0.4, -0.2) is 24.9 Å². The summed E-state index contributed by atoms with van der Waals surface area (Å²) in [7, 11) is 3.21. The number of nitrogens with one attached hydrogen (secondary N) is 3. The Hall–Kier alpha value is -2.93. The minimum Gasteiger partial charge on any atom is -0.383 e. The van der Waals surface area contributed by atoms with E-state index >= 15 is 0 Å². The summed E-state index contributed by atoms with van der Waals surface area (Å²) in [6.07, 6.45) is 0. The quantitative estimate of drug-likeness (QED) is 0.535. The minimum absolute atomic E-state index is 0.00741. The van der Waals surface area contributed by atoms with Crippen molar-refractivity contribution in [2.45, 2.75) is 12.6 Å². The minimum atomic E-state index is -0.528. The topological polar surface area (TPSA) is 96.3 Å². The van der Waals surface area contributed by atoms with Crippen LogP contribution in [-0.2, 0) is 11.3 Å². The van der Waals surface area contributed by atoms with Crippen LogP contribution in [0.2, 0.25) is 0 Å². The molecule has 1 atom stereocenters.